The number of carbonyl (C=O) groups excluding carboxylic acids is 1. The summed E-state index contributed by atoms with van der Waals surface area (Å²) in [5.41, 5.74) is 0.549. The van der Waals surface area contributed by atoms with Crippen LogP contribution in [0.4, 0.5) is 0 Å². The summed E-state index contributed by atoms with van der Waals surface area (Å²) in [7, 11) is 0. The monoisotopic (exact) mass is 154 g/mol. The summed E-state index contributed by atoms with van der Waals surface area (Å²) in [6.45, 7) is 0. The summed E-state index contributed by atoms with van der Waals surface area (Å²) >= 11 is 1.35. The standard InChI is InChI=1S/C6H6N2OS/c9-3-5-6(4-1-2-4)10-8-7-5/h3-4H,1-2H2. The van der Waals surface area contributed by atoms with Crippen LogP contribution < -0.4 is 0 Å². The van der Waals surface area contributed by atoms with Gasteiger partial charge in [0, 0.05) is 0 Å². The molecule has 0 aliphatic heterocycles. The highest BCUT2D eigenvalue weighted by Gasteiger charge is 2.28. The Morgan fingerprint density at radius 1 is 1.60 bits per heavy atom. The average Bonchev–Trinajstić information content (AvgIpc) is 2.69. The van der Waals surface area contributed by atoms with E-state index in [2.05, 4.69) is 9.59 Å². The Balaban J connectivity index is 2.37. The molecule has 0 saturated heterocycles. The van der Waals surface area contributed by atoms with E-state index in [0.29, 0.717) is 11.6 Å². The molecule has 1 saturated carbocycles. The predicted octanol–water partition coefficient (Wildman–Crippen LogP) is 1.23. The summed E-state index contributed by atoms with van der Waals surface area (Å²) in [4.78, 5) is 11.4. The number of hydrogen-bond acceptors (Lipinski definition) is 4. The number of rotatable bonds is 2. The Hall–Kier alpha value is -0.770. The zero-order valence-corrected chi connectivity index (χ0v) is 6.10. The molecular weight excluding hydrogens is 148 g/mol. The van der Waals surface area contributed by atoms with E-state index in [4.69, 9.17) is 0 Å². The molecule has 0 N–H and O–H groups in total. The van der Waals surface area contributed by atoms with Gasteiger partial charge in [0.05, 0.1) is 4.88 Å². The highest BCUT2D eigenvalue weighted by Crippen LogP contribution is 2.42. The van der Waals surface area contributed by atoms with Gasteiger partial charge in [0.2, 0.25) is 0 Å². The van der Waals surface area contributed by atoms with Crippen LogP contribution in [0, 0.1) is 0 Å². The zero-order chi connectivity index (χ0) is 6.97. The lowest BCUT2D eigenvalue weighted by atomic mass is 10.3. The fourth-order valence-corrected chi connectivity index (χ4v) is 1.70. The minimum atomic E-state index is 0.549. The van der Waals surface area contributed by atoms with Crippen molar-refractivity contribution in [2.75, 3.05) is 0 Å². The average molecular weight is 154 g/mol. The van der Waals surface area contributed by atoms with E-state index in [9.17, 15) is 4.79 Å². The molecule has 0 amide bonds. The van der Waals surface area contributed by atoms with Gasteiger partial charge in [-0.3, -0.25) is 4.79 Å². The molecule has 1 heterocycles. The molecule has 1 fully saturated rings. The number of carbonyl (C=O) groups is 1. The van der Waals surface area contributed by atoms with Crippen molar-refractivity contribution in [2.24, 2.45) is 0 Å². The van der Waals surface area contributed by atoms with Crippen LogP contribution in [0.15, 0.2) is 0 Å². The van der Waals surface area contributed by atoms with Gasteiger partial charge in [-0.15, -0.1) is 5.10 Å². The Morgan fingerprint density at radius 2 is 2.40 bits per heavy atom. The third-order valence-corrected chi connectivity index (χ3v) is 2.50. The van der Waals surface area contributed by atoms with Gasteiger partial charge < -0.3 is 0 Å². The van der Waals surface area contributed by atoms with Gasteiger partial charge in [0.15, 0.2) is 6.29 Å². The van der Waals surface area contributed by atoms with E-state index in [0.717, 1.165) is 11.2 Å². The predicted molar refractivity (Wildman–Crippen MR) is 37.3 cm³/mol. The first-order chi connectivity index (χ1) is 4.92. The molecule has 1 aliphatic carbocycles. The lowest BCUT2D eigenvalue weighted by Crippen LogP contribution is -1.84. The molecule has 1 aromatic rings. The van der Waals surface area contributed by atoms with Crippen molar-refractivity contribution in [3.63, 3.8) is 0 Å². The Kier molecular flexibility index (Phi) is 1.27. The Morgan fingerprint density at radius 3 is 3.00 bits per heavy atom. The van der Waals surface area contributed by atoms with Crippen LogP contribution in [-0.2, 0) is 0 Å². The van der Waals surface area contributed by atoms with Gasteiger partial charge in [0.1, 0.15) is 5.69 Å². The SMILES string of the molecule is O=Cc1nnsc1C1CC1. The van der Waals surface area contributed by atoms with E-state index in [1.165, 1.54) is 24.4 Å². The van der Waals surface area contributed by atoms with Crippen LogP contribution in [0.5, 0.6) is 0 Å². The van der Waals surface area contributed by atoms with Crippen molar-refractivity contribution in [1.82, 2.24) is 9.59 Å². The third-order valence-electron chi connectivity index (χ3n) is 1.60. The summed E-state index contributed by atoms with van der Waals surface area (Å²) in [6, 6.07) is 0. The van der Waals surface area contributed by atoms with E-state index in [1.54, 1.807) is 0 Å². The molecule has 4 heteroatoms. The number of aromatic nitrogens is 2. The molecule has 0 aromatic carbocycles. The highest BCUT2D eigenvalue weighted by molar-refractivity contribution is 7.05. The molecule has 52 valence electrons. The van der Waals surface area contributed by atoms with Gasteiger partial charge in [0.25, 0.3) is 0 Å². The molecule has 1 aliphatic rings. The molecule has 0 radical (unpaired) electrons. The summed E-state index contributed by atoms with van der Waals surface area (Å²) < 4.78 is 3.71. The van der Waals surface area contributed by atoms with Crippen LogP contribution in [0.25, 0.3) is 0 Å². The van der Waals surface area contributed by atoms with Crippen molar-refractivity contribution in [3.05, 3.63) is 10.6 Å². The van der Waals surface area contributed by atoms with Crippen molar-refractivity contribution < 1.29 is 4.79 Å². The summed E-state index contributed by atoms with van der Waals surface area (Å²) in [5, 5.41) is 3.70. The minimum absolute atomic E-state index is 0.549. The van der Waals surface area contributed by atoms with Crippen LogP contribution in [0.1, 0.15) is 34.1 Å². The minimum Gasteiger partial charge on any atom is -0.296 e. The molecule has 0 spiro atoms. The van der Waals surface area contributed by atoms with Crippen molar-refractivity contribution in [3.8, 4) is 0 Å². The van der Waals surface area contributed by atoms with E-state index < -0.39 is 0 Å². The molecule has 2 rings (SSSR count). The molecule has 0 unspecified atom stereocenters. The third kappa shape index (κ3) is 0.844. The first-order valence-corrected chi connectivity index (χ1v) is 3.96. The number of aldehydes is 1. The van der Waals surface area contributed by atoms with Gasteiger partial charge in [-0.05, 0) is 30.3 Å². The number of nitrogens with zero attached hydrogens (tertiary/aromatic N) is 2. The maximum absolute atomic E-state index is 10.3. The van der Waals surface area contributed by atoms with Crippen molar-refractivity contribution in [2.45, 2.75) is 18.8 Å². The molecule has 10 heavy (non-hydrogen) atoms. The van der Waals surface area contributed by atoms with Crippen molar-refractivity contribution >= 4 is 17.8 Å². The second kappa shape index (κ2) is 2.12. The quantitative estimate of drug-likeness (QED) is 0.602. The molecule has 0 atom stereocenters. The lowest BCUT2D eigenvalue weighted by molar-refractivity contribution is 0.111. The van der Waals surface area contributed by atoms with Gasteiger partial charge >= 0.3 is 0 Å². The first kappa shape index (κ1) is 5.97. The highest BCUT2D eigenvalue weighted by atomic mass is 32.1. The van der Waals surface area contributed by atoms with E-state index in [1.807, 2.05) is 0 Å². The topological polar surface area (TPSA) is 42.9 Å². The second-order valence-corrected chi connectivity index (χ2v) is 3.20. The molecular formula is C6H6N2OS. The van der Waals surface area contributed by atoms with Crippen LogP contribution in [0.3, 0.4) is 0 Å². The lowest BCUT2D eigenvalue weighted by Gasteiger charge is -1.85. The molecule has 0 bridgehead atoms. The Bertz CT molecular complexity index is 254. The zero-order valence-electron chi connectivity index (χ0n) is 5.28. The van der Waals surface area contributed by atoms with E-state index in [-0.39, 0.29) is 0 Å². The largest absolute Gasteiger partial charge is 0.296 e. The number of hydrogen-bond donors (Lipinski definition) is 0. The fraction of sp³-hybridized carbons (Fsp3) is 0.500. The maximum atomic E-state index is 10.3. The van der Waals surface area contributed by atoms with Gasteiger partial charge in [-0.2, -0.15) is 0 Å². The smallest absolute Gasteiger partial charge is 0.171 e. The summed E-state index contributed by atoms with van der Waals surface area (Å²) in [6.07, 6.45) is 3.19. The Labute approximate surface area is 62.2 Å². The van der Waals surface area contributed by atoms with E-state index >= 15 is 0 Å². The van der Waals surface area contributed by atoms with Gasteiger partial charge in [-0.25, -0.2) is 0 Å². The second-order valence-electron chi connectivity index (χ2n) is 2.41. The van der Waals surface area contributed by atoms with Crippen LogP contribution >= 0.6 is 11.5 Å². The van der Waals surface area contributed by atoms with Crippen LogP contribution in [0.2, 0.25) is 0 Å². The molecule has 1 aromatic heterocycles. The fourth-order valence-electron chi connectivity index (χ4n) is 0.915. The summed E-state index contributed by atoms with van der Waals surface area (Å²) in [5.74, 6) is 0.597. The van der Waals surface area contributed by atoms with Crippen molar-refractivity contribution in [1.29, 1.82) is 0 Å². The molecule has 3 nitrogen and oxygen atoms in total. The maximum Gasteiger partial charge on any atom is 0.171 e. The van der Waals surface area contributed by atoms with Crippen LogP contribution in [-0.4, -0.2) is 15.9 Å². The first-order valence-electron chi connectivity index (χ1n) is 3.19. The normalized spacial score (nSPS) is 17.2. The van der Waals surface area contributed by atoms with Gasteiger partial charge in [-0.1, -0.05) is 4.49 Å².